The van der Waals surface area contributed by atoms with E-state index in [1.807, 2.05) is 34.6 Å². The van der Waals surface area contributed by atoms with Gasteiger partial charge in [-0.3, -0.25) is 4.79 Å². The smallest absolute Gasteiger partial charge is 0.311 e. The number of hydrogen-bond donors (Lipinski definition) is 0. The fourth-order valence-corrected chi connectivity index (χ4v) is 2.43. The predicted molar refractivity (Wildman–Crippen MR) is 79.1 cm³/mol. The van der Waals surface area contributed by atoms with E-state index in [1.165, 1.54) is 0 Å². The van der Waals surface area contributed by atoms with Gasteiger partial charge in [0, 0.05) is 6.61 Å². The molecule has 0 saturated carbocycles. The molecule has 0 aromatic heterocycles. The van der Waals surface area contributed by atoms with Crippen molar-refractivity contribution in [3.8, 4) is 0 Å². The number of ether oxygens (including phenoxy) is 2. The second-order valence-corrected chi connectivity index (χ2v) is 6.93. The van der Waals surface area contributed by atoms with Crippen molar-refractivity contribution < 1.29 is 14.3 Å². The van der Waals surface area contributed by atoms with Crippen LogP contribution in [0.1, 0.15) is 67.7 Å². The van der Waals surface area contributed by atoms with E-state index in [2.05, 4.69) is 13.8 Å². The fourth-order valence-electron chi connectivity index (χ4n) is 2.43. The summed E-state index contributed by atoms with van der Waals surface area (Å²) < 4.78 is 11.1. The van der Waals surface area contributed by atoms with E-state index in [1.54, 1.807) is 0 Å². The number of carbonyl (C=O) groups is 1. The summed E-state index contributed by atoms with van der Waals surface area (Å²) >= 11 is 0. The van der Waals surface area contributed by atoms with E-state index in [0.29, 0.717) is 25.6 Å². The van der Waals surface area contributed by atoms with Crippen molar-refractivity contribution in [3.63, 3.8) is 0 Å². The molecule has 0 radical (unpaired) electrons. The first kappa shape index (κ1) is 18.4. The minimum absolute atomic E-state index is 0.121. The lowest BCUT2D eigenvalue weighted by Gasteiger charge is -2.33. The first-order chi connectivity index (χ1) is 8.60. The van der Waals surface area contributed by atoms with E-state index in [0.717, 1.165) is 12.8 Å². The van der Waals surface area contributed by atoms with Crippen LogP contribution in [-0.4, -0.2) is 24.8 Å². The molecule has 0 atom stereocenters. The van der Waals surface area contributed by atoms with Gasteiger partial charge in [0.1, 0.15) is 0 Å². The van der Waals surface area contributed by atoms with Gasteiger partial charge in [0.25, 0.3) is 0 Å². The molecule has 3 heteroatoms. The van der Waals surface area contributed by atoms with Crippen molar-refractivity contribution in [1.82, 2.24) is 0 Å². The molecule has 3 nitrogen and oxygen atoms in total. The van der Waals surface area contributed by atoms with Crippen LogP contribution in [0.3, 0.4) is 0 Å². The van der Waals surface area contributed by atoms with Crippen LogP contribution in [0.15, 0.2) is 0 Å². The molecule has 19 heavy (non-hydrogen) atoms. The monoisotopic (exact) mass is 272 g/mol. The van der Waals surface area contributed by atoms with Gasteiger partial charge >= 0.3 is 5.97 Å². The highest BCUT2D eigenvalue weighted by Gasteiger charge is 2.36. The Kier molecular flexibility index (Phi) is 7.65. The van der Waals surface area contributed by atoms with Crippen LogP contribution >= 0.6 is 0 Å². The zero-order chi connectivity index (χ0) is 15.1. The van der Waals surface area contributed by atoms with Crippen molar-refractivity contribution in [1.29, 1.82) is 0 Å². The van der Waals surface area contributed by atoms with Crippen molar-refractivity contribution in [2.75, 3.05) is 13.2 Å². The zero-order valence-corrected chi connectivity index (χ0v) is 13.8. The van der Waals surface area contributed by atoms with Gasteiger partial charge < -0.3 is 9.47 Å². The van der Waals surface area contributed by atoms with Crippen LogP contribution in [-0.2, 0) is 14.3 Å². The lowest BCUT2D eigenvalue weighted by molar-refractivity contribution is -0.158. The van der Waals surface area contributed by atoms with Gasteiger partial charge in [-0.05, 0) is 59.8 Å². The highest BCUT2D eigenvalue weighted by Crippen LogP contribution is 2.31. The summed E-state index contributed by atoms with van der Waals surface area (Å²) in [6.45, 7) is 15.4. The molecule has 0 amide bonds. The van der Waals surface area contributed by atoms with Gasteiger partial charge in [-0.1, -0.05) is 13.8 Å². The van der Waals surface area contributed by atoms with Gasteiger partial charge in [-0.15, -0.1) is 0 Å². The lowest BCUT2D eigenvalue weighted by Crippen LogP contribution is -2.37. The third-order valence-corrected chi connectivity index (χ3v) is 3.11. The Bertz CT molecular complexity index is 267. The third kappa shape index (κ3) is 8.25. The average molecular weight is 272 g/mol. The Morgan fingerprint density at radius 3 is 2.21 bits per heavy atom. The molecule has 0 aliphatic rings. The molecule has 0 aliphatic heterocycles. The highest BCUT2D eigenvalue weighted by molar-refractivity contribution is 5.76. The van der Waals surface area contributed by atoms with E-state index in [4.69, 9.17) is 9.47 Å². The Balaban J connectivity index is 4.20. The molecule has 0 aromatic rings. The topological polar surface area (TPSA) is 35.5 Å². The lowest BCUT2D eigenvalue weighted by atomic mass is 9.81. The van der Waals surface area contributed by atoms with Crippen molar-refractivity contribution in [2.45, 2.75) is 73.3 Å². The maximum atomic E-state index is 12.1. The van der Waals surface area contributed by atoms with Gasteiger partial charge in [-0.25, -0.2) is 0 Å². The Labute approximate surface area is 119 Å². The summed E-state index contributed by atoms with van der Waals surface area (Å²) in [5, 5.41) is 0. The summed E-state index contributed by atoms with van der Waals surface area (Å²) in [6, 6.07) is 0. The Morgan fingerprint density at radius 2 is 1.74 bits per heavy atom. The predicted octanol–water partition coefficient (Wildman–Crippen LogP) is 4.20. The van der Waals surface area contributed by atoms with Gasteiger partial charge in [0.2, 0.25) is 0 Å². The van der Waals surface area contributed by atoms with Crippen LogP contribution in [0.2, 0.25) is 0 Å². The van der Waals surface area contributed by atoms with Gasteiger partial charge in [-0.2, -0.15) is 0 Å². The van der Waals surface area contributed by atoms with Crippen LogP contribution in [0, 0.1) is 11.3 Å². The van der Waals surface area contributed by atoms with Crippen molar-refractivity contribution in [2.24, 2.45) is 11.3 Å². The molecule has 0 fully saturated rings. The first-order valence-corrected chi connectivity index (χ1v) is 7.42. The summed E-state index contributed by atoms with van der Waals surface area (Å²) in [5.41, 5.74) is -0.800. The minimum Gasteiger partial charge on any atom is -0.465 e. The maximum absolute atomic E-state index is 12.1. The third-order valence-electron chi connectivity index (χ3n) is 3.11. The minimum atomic E-state index is -0.503. The zero-order valence-electron chi connectivity index (χ0n) is 13.8. The molecule has 0 rings (SSSR count). The summed E-state index contributed by atoms with van der Waals surface area (Å²) in [6.07, 6.45) is 2.70. The number of rotatable bonds is 9. The van der Waals surface area contributed by atoms with E-state index in [-0.39, 0.29) is 11.6 Å². The molecular formula is C16H32O3. The van der Waals surface area contributed by atoms with Crippen LogP contribution < -0.4 is 0 Å². The quantitative estimate of drug-likeness (QED) is 0.466. The highest BCUT2D eigenvalue weighted by atomic mass is 16.5. The Morgan fingerprint density at radius 1 is 1.16 bits per heavy atom. The van der Waals surface area contributed by atoms with E-state index < -0.39 is 5.41 Å². The molecule has 0 saturated heterocycles. The summed E-state index contributed by atoms with van der Waals surface area (Å²) in [5.74, 6) is 0.535. The normalized spacial score (nSPS) is 12.8. The maximum Gasteiger partial charge on any atom is 0.311 e. The molecule has 0 bridgehead atoms. The number of carbonyl (C=O) groups excluding carboxylic acids is 1. The fraction of sp³-hybridized carbons (Fsp3) is 0.938. The van der Waals surface area contributed by atoms with Crippen LogP contribution in [0.5, 0.6) is 0 Å². The molecule has 0 spiro atoms. The second kappa shape index (κ2) is 7.88. The van der Waals surface area contributed by atoms with Crippen molar-refractivity contribution >= 4 is 5.97 Å². The number of hydrogen-bond acceptors (Lipinski definition) is 3. The van der Waals surface area contributed by atoms with E-state index in [9.17, 15) is 4.79 Å². The SMILES string of the molecule is CCOC(C)(C)CC(C)(C)C(=O)OCCCC(C)C. The van der Waals surface area contributed by atoms with Crippen molar-refractivity contribution in [3.05, 3.63) is 0 Å². The summed E-state index contributed by atoms with van der Waals surface area (Å²) in [7, 11) is 0. The average Bonchev–Trinajstić information content (AvgIpc) is 2.21. The molecule has 0 heterocycles. The van der Waals surface area contributed by atoms with Gasteiger partial charge in [0.05, 0.1) is 17.6 Å². The number of esters is 1. The standard InChI is InChI=1S/C16H32O3/c1-8-19-16(6,7)12-15(4,5)14(17)18-11-9-10-13(2)3/h13H,8-12H2,1-7H3. The molecule has 0 unspecified atom stereocenters. The molecule has 114 valence electrons. The molecule has 0 N–H and O–H groups in total. The largest absolute Gasteiger partial charge is 0.465 e. The van der Waals surface area contributed by atoms with E-state index >= 15 is 0 Å². The van der Waals surface area contributed by atoms with Gasteiger partial charge in [0.15, 0.2) is 0 Å². The molecular weight excluding hydrogens is 240 g/mol. The first-order valence-electron chi connectivity index (χ1n) is 7.42. The van der Waals surface area contributed by atoms with Crippen LogP contribution in [0.4, 0.5) is 0 Å². The molecule has 0 aliphatic carbocycles. The Hall–Kier alpha value is -0.570. The second-order valence-electron chi connectivity index (χ2n) is 6.93. The van der Waals surface area contributed by atoms with Crippen LogP contribution in [0.25, 0.3) is 0 Å². The summed E-state index contributed by atoms with van der Waals surface area (Å²) in [4.78, 5) is 12.1. The molecule has 0 aromatic carbocycles.